The molecule has 5 rings (SSSR count). The second-order valence-corrected chi connectivity index (χ2v) is 7.12. The maximum absolute atomic E-state index is 4.50. The van der Waals surface area contributed by atoms with E-state index in [1.807, 2.05) is 41.2 Å². The van der Waals surface area contributed by atoms with E-state index in [0.29, 0.717) is 6.54 Å². The van der Waals surface area contributed by atoms with Gasteiger partial charge in [0.25, 0.3) is 0 Å². The lowest BCUT2D eigenvalue weighted by molar-refractivity contribution is 0.977. The van der Waals surface area contributed by atoms with Gasteiger partial charge >= 0.3 is 0 Å². The smallest absolute Gasteiger partial charge is 0.139 e. The third-order valence-corrected chi connectivity index (χ3v) is 5.38. The molecule has 0 aliphatic rings. The van der Waals surface area contributed by atoms with Crippen molar-refractivity contribution in [1.29, 1.82) is 0 Å². The molecule has 0 saturated carbocycles. The Morgan fingerprint density at radius 1 is 1.00 bits per heavy atom. The molecule has 0 bridgehead atoms. The lowest BCUT2D eigenvalue weighted by Gasteiger charge is -2.09. The molecular formula is C21H16N6S. The molecule has 136 valence electrons. The highest BCUT2D eigenvalue weighted by molar-refractivity contribution is 7.17. The van der Waals surface area contributed by atoms with Gasteiger partial charge in [-0.15, -0.1) is 11.3 Å². The number of imidazole rings is 1. The van der Waals surface area contributed by atoms with Crippen LogP contribution in [0.3, 0.4) is 0 Å². The molecule has 4 heterocycles. The van der Waals surface area contributed by atoms with Crippen molar-refractivity contribution in [2.45, 2.75) is 6.54 Å². The van der Waals surface area contributed by atoms with E-state index < -0.39 is 0 Å². The van der Waals surface area contributed by atoms with Gasteiger partial charge in [-0.1, -0.05) is 36.4 Å². The lowest BCUT2D eigenvalue weighted by atomic mass is 10.1. The molecule has 0 aliphatic heterocycles. The van der Waals surface area contributed by atoms with Gasteiger partial charge in [0.1, 0.15) is 29.1 Å². The van der Waals surface area contributed by atoms with Gasteiger partial charge in [-0.2, -0.15) is 0 Å². The van der Waals surface area contributed by atoms with Crippen molar-refractivity contribution in [1.82, 2.24) is 24.5 Å². The Bertz CT molecular complexity index is 1200. The molecule has 0 radical (unpaired) electrons. The van der Waals surface area contributed by atoms with Gasteiger partial charge in [0.2, 0.25) is 0 Å². The fourth-order valence-corrected chi connectivity index (χ4v) is 4.01. The van der Waals surface area contributed by atoms with Crippen LogP contribution in [-0.4, -0.2) is 24.5 Å². The van der Waals surface area contributed by atoms with Crippen molar-refractivity contribution in [2.24, 2.45) is 0 Å². The maximum Gasteiger partial charge on any atom is 0.139 e. The van der Waals surface area contributed by atoms with E-state index in [9.17, 15) is 0 Å². The summed E-state index contributed by atoms with van der Waals surface area (Å²) in [6, 6.07) is 14.4. The molecule has 0 fully saturated rings. The van der Waals surface area contributed by atoms with Crippen LogP contribution in [0.1, 0.15) is 5.56 Å². The van der Waals surface area contributed by atoms with Crippen molar-refractivity contribution in [3.8, 4) is 16.9 Å². The van der Waals surface area contributed by atoms with Crippen molar-refractivity contribution < 1.29 is 0 Å². The monoisotopic (exact) mass is 384 g/mol. The van der Waals surface area contributed by atoms with Gasteiger partial charge in [0.15, 0.2) is 0 Å². The molecule has 5 aromatic rings. The Balaban J connectivity index is 1.42. The summed E-state index contributed by atoms with van der Waals surface area (Å²) in [6.07, 6.45) is 8.82. The highest BCUT2D eigenvalue weighted by atomic mass is 32.1. The fraction of sp³-hybridized carbons (Fsp3) is 0.0476. The van der Waals surface area contributed by atoms with Crippen molar-refractivity contribution >= 4 is 27.4 Å². The summed E-state index contributed by atoms with van der Waals surface area (Å²) >= 11 is 1.63. The largest absolute Gasteiger partial charge is 0.365 e. The number of nitrogens with one attached hydrogen (secondary N) is 1. The minimum atomic E-state index is 0.632. The first-order valence-electron chi connectivity index (χ1n) is 8.83. The summed E-state index contributed by atoms with van der Waals surface area (Å²) in [6.45, 7) is 0.632. The number of fused-ring (bicyclic) bond motifs is 1. The van der Waals surface area contributed by atoms with Gasteiger partial charge in [-0.3, -0.25) is 4.57 Å². The maximum atomic E-state index is 4.50. The summed E-state index contributed by atoms with van der Waals surface area (Å²) in [5.41, 5.74) is 3.39. The Labute approximate surface area is 165 Å². The van der Waals surface area contributed by atoms with Gasteiger partial charge in [0.05, 0.1) is 5.39 Å². The van der Waals surface area contributed by atoms with Crippen molar-refractivity contribution in [2.75, 3.05) is 5.32 Å². The van der Waals surface area contributed by atoms with Crippen LogP contribution in [0.25, 0.3) is 27.2 Å². The zero-order valence-corrected chi connectivity index (χ0v) is 15.7. The number of pyridine rings is 1. The van der Waals surface area contributed by atoms with Crippen LogP contribution >= 0.6 is 11.3 Å². The molecule has 28 heavy (non-hydrogen) atoms. The fourth-order valence-electron chi connectivity index (χ4n) is 3.09. The molecule has 0 amide bonds. The Morgan fingerprint density at radius 3 is 2.71 bits per heavy atom. The predicted molar refractivity (Wildman–Crippen MR) is 112 cm³/mol. The van der Waals surface area contributed by atoms with E-state index in [4.69, 9.17) is 0 Å². The highest BCUT2D eigenvalue weighted by Gasteiger charge is 2.12. The summed E-state index contributed by atoms with van der Waals surface area (Å²) in [5.74, 6) is 1.68. The van der Waals surface area contributed by atoms with Crippen LogP contribution in [-0.2, 0) is 6.54 Å². The normalized spacial score (nSPS) is 11.0. The number of hydrogen-bond acceptors (Lipinski definition) is 6. The first-order valence-corrected chi connectivity index (χ1v) is 9.71. The molecule has 7 heteroatoms. The Kier molecular flexibility index (Phi) is 4.27. The third-order valence-electron chi connectivity index (χ3n) is 4.49. The molecule has 0 atom stereocenters. The van der Waals surface area contributed by atoms with Crippen LogP contribution in [0.5, 0.6) is 0 Å². The van der Waals surface area contributed by atoms with E-state index in [0.717, 1.165) is 38.5 Å². The number of hydrogen-bond donors (Lipinski definition) is 1. The summed E-state index contributed by atoms with van der Waals surface area (Å²) in [5, 5.41) is 6.65. The predicted octanol–water partition coefficient (Wildman–Crippen LogP) is 4.55. The quantitative estimate of drug-likeness (QED) is 0.481. The standard InChI is InChI=1S/C21H16N6S/c1-2-4-16(5-3-1)17-12-28-21-19(17)20(25-13-26-21)24-11-15-6-7-18(23-10-15)27-9-8-22-14-27/h1-10,12-14H,11H2,(H,24,25,26). The van der Waals surface area contributed by atoms with Gasteiger partial charge in [-0.25, -0.2) is 19.9 Å². The summed E-state index contributed by atoms with van der Waals surface area (Å²) in [4.78, 5) is 18.5. The SMILES string of the molecule is c1ccc(-c2csc3ncnc(NCc4ccc(-n5ccnc5)nc4)c23)cc1. The lowest BCUT2D eigenvalue weighted by Crippen LogP contribution is -2.03. The minimum absolute atomic E-state index is 0.632. The second kappa shape index (κ2) is 7.21. The topological polar surface area (TPSA) is 68.5 Å². The molecule has 6 nitrogen and oxygen atoms in total. The number of nitrogens with zero attached hydrogens (tertiary/aromatic N) is 5. The minimum Gasteiger partial charge on any atom is -0.365 e. The van der Waals surface area contributed by atoms with Gasteiger partial charge in [-0.05, 0) is 17.2 Å². The molecule has 1 N–H and O–H groups in total. The van der Waals surface area contributed by atoms with Gasteiger partial charge < -0.3 is 5.32 Å². The van der Waals surface area contributed by atoms with Crippen LogP contribution in [0.2, 0.25) is 0 Å². The first-order chi connectivity index (χ1) is 13.9. The highest BCUT2D eigenvalue weighted by Crippen LogP contribution is 2.36. The molecule has 1 aromatic carbocycles. The van der Waals surface area contributed by atoms with E-state index in [1.165, 1.54) is 0 Å². The summed E-state index contributed by atoms with van der Waals surface area (Å²) in [7, 11) is 0. The zero-order chi connectivity index (χ0) is 18.8. The number of anilines is 1. The number of rotatable bonds is 5. The van der Waals surface area contributed by atoms with Gasteiger partial charge in [0, 0.05) is 36.1 Å². The van der Waals surface area contributed by atoms with Crippen molar-refractivity contribution in [3.05, 3.63) is 84.7 Å². The average Bonchev–Trinajstić information content (AvgIpc) is 3.44. The third kappa shape index (κ3) is 3.12. The van der Waals surface area contributed by atoms with Crippen LogP contribution in [0.15, 0.2) is 79.1 Å². The first kappa shape index (κ1) is 16.6. The summed E-state index contributed by atoms with van der Waals surface area (Å²) < 4.78 is 1.88. The Hall–Kier alpha value is -3.58. The average molecular weight is 384 g/mol. The number of benzene rings is 1. The zero-order valence-electron chi connectivity index (χ0n) is 14.9. The molecule has 0 saturated heterocycles. The van der Waals surface area contributed by atoms with Crippen LogP contribution in [0.4, 0.5) is 5.82 Å². The Morgan fingerprint density at radius 2 is 1.93 bits per heavy atom. The number of aromatic nitrogens is 5. The van der Waals surface area contributed by atoms with E-state index >= 15 is 0 Å². The second-order valence-electron chi connectivity index (χ2n) is 6.27. The van der Waals surface area contributed by atoms with Crippen molar-refractivity contribution in [3.63, 3.8) is 0 Å². The number of thiophene rings is 1. The van der Waals surface area contributed by atoms with E-state index in [1.54, 1.807) is 30.2 Å². The molecule has 0 aliphatic carbocycles. The molecular weight excluding hydrogens is 368 g/mol. The molecule has 0 spiro atoms. The molecule has 4 aromatic heterocycles. The van der Waals surface area contributed by atoms with E-state index in [-0.39, 0.29) is 0 Å². The van der Waals surface area contributed by atoms with Crippen LogP contribution < -0.4 is 5.32 Å². The van der Waals surface area contributed by atoms with Crippen LogP contribution in [0, 0.1) is 0 Å². The molecule has 0 unspecified atom stereocenters. The van der Waals surface area contributed by atoms with E-state index in [2.05, 4.69) is 48.8 Å².